The van der Waals surface area contributed by atoms with Gasteiger partial charge in [-0.15, -0.1) is 10.2 Å². The number of nitrogens with zero attached hydrogens (tertiary/aromatic N) is 7. The van der Waals surface area contributed by atoms with E-state index in [0.717, 1.165) is 29.6 Å². The molecular weight excluding hydrogens is 432 g/mol. The van der Waals surface area contributed by atoms with Crippen LogP contribution in [0.2, 0.25) is 0 Å². The van der Waals surface area contributed by atoms with Crippen LogP contribution < -0.4 is 5.73 Å². The Hall–Kier alpha value is -2.90. The summed E-state index contributed by atoms with van der Waals surface area (Å²) < 4.78 is 60.8. The molecule has 4 heterocycles. The molecule has 32 heavy (non-hydrogen) atoms. The summed E-state index contributed by atoms with van der Waals surface area (Å²) >= 11 is 0. The second-order valence-corrected chi connectivity index (χ2v) is 7.98. The van der Waals surface area contributed by atoms with Gasteiger partial charge in [0.1, 0.15) is 17.7 Å². The Bertz CT molecular complexity index is 1150. The van der Waals surface area contributed by atoms with Gasteiger partial charge < -0.3 is 15.0 Å². The Morgan fingerprint density at radius 3 is 2.72 bits per heavy atom. The van der Waals surface area contributed by atoms with Crippen LogP contribution >= 0.6 is 0 Å². The van der Waals surface area contributed by atoms with Crippen LogP contribution in [0.15, 0.2) is 18.2 Å². The van der Waals surface area contributed by atoms with Gasteiger partial charge in [-0.3, -0.25) is 4.90 Å². The van der Waals surface area contributed by atoms with Crippen LogP contribution in [0.3, 0.4) is 0 Å². The largest absolute Gasteiger partial charge is 0.370 e. The molecule has 0 unspecified atom stereocenters. The molecule has 1 aromatic carbocycles. The monoisotopic (exact) mass is 452 g/mol. The summed E-state index contributed by atoms with van der Waals surface area (Å²) in [6.07, 6.45) is -0.189. The van der Waals surface area contributed by atoms with Crippen molar-refractivity contribution in [2.45, 2.75) is 44.2 Å². The summed E-state index contributed by atoms with van der Waals surface area (Å²) in [5.41, 5.74) is 8.08. The Morgan fingerprint density at radius 2 is 2.03 bits per heavy atom. The van der Waals surface area contributed by atoms with Gasteiger partial charge in [-0.05, 0) is 29.8 Å². The lowest BCUT2D eigenvalue weighted by atomic mass is 9.93. The molecule has 9 nitrogen and oxygen atoms in total. The first-order valence-electron chi connectivity index (χ1n) is 10.0. The summed E-state index contributed by atoms with van der Waals surface area (Å²) in [6.45, 7) is -1.52. The van der Waals surface area contributed by atoms with Crippen molar-refractivity contribution in [3.8, 4) is 11.6 Å². The molecule has 0 bridgehead atoms. The van der Waals surface area contributed by atoms with Gasteiger partial charge in [-0.25, -0.2) is 13.8 Å². The topological polar surface area (TPSA) is 99.9 Å². The number of hydrogen-bond donors (Lipinski definition) is 1. The zero-order valence-corrected chi connectivity index (χ0v) is 17.0. The molecule has 170 valence electrons. The lowest BCUT2D eigenvalue weighted by Gasteiger charge is -2.38. The fourth-order valence-electron chi connectivity index (χ4n) is 4.36. The lowest BCUT2D eigenvalue weighted by molar-refractivity contribution is -0.0534. The summed E-state index contributed by atoms with van der Waals surface area (Å²) in [5.74, 6) is -0.705. The maximum absolute atomic E-state index is 14.1. The van der Waals surface area contributed by atoms with Crippen molar-refractivity contribution in [1.29, 1.82) is 0 Å². The highest BCUT2D eigenvalue weighted by atomic mass is 19.3. The first-order chi connectivity index (χ1) is 15.3. The number of fused-ring (bicyclic) bond motifs is 1. The molecular formula is C19H20F4N8O. The second-order valence-electron chi connectivity index (χ2n) is 7.98. The molecule has 3 aromatic rings. The predicted octanol–water partition coefficient (Wildman–Crippen LogP) is 1.92. The molecule has 1 saturated heterocycles. The number of hydrogen-bond acceptors (Lipinski definition) is 7. The number of benzene rings is 1. The first-order valence-corrected chi connectivity index (χ1v) is 10.0. The molecule has 0 saturated carbocycles. The Balaban J connectivity index is 1.28. The van der Waals surface area contributed by atoms with E-state index in [-0.39, 0.29) is 22.2 Å². The van der Waals surface area contributed by atoms with Crippen molar-refractivity contribution < 1.29 is 22.3 Å². The molecule has 0 spiro atoms. The van der Waals surface area contributed by atoms with Gasteiger partial charge in [-0.1, -0.05) is 4.80 Å². The van der Waals surface area contributed by atoms with Gasteiger partial charge in [0.25, 0.3) is 0 Å². The number of aromatic nitrogens is 6. The number of tetrazole rings is 1. The molecule has 2 aliphatic heterocycles. The number of rotatable bonds is 4. The van der Waals surface area contributed by atoms with Crippen molar-refractivity contribution in [3.05, 3.63) is 46.8 Å². The van der Waals surface area contributed by atoms with Gasteiger partial charge in [0.15, 0.2) is 5.82 Å². The number of imidazole rings is 1. The van der Waals surface area contributed by atoms with E-state index in [0.29, 0.717) is 31.9 Å². The quantitative estimate of drug-likeness (QED) is 0.604. The van der Waals surface area contributed by atoms with E-state index >= 15 is 0 Å². The fourth-order valence-corrected chi connectivity index (χ4v) is 4.36. The molecule has 2 aromatic heterocycles. The molecule has 0 radical (unpaired) electrons. The third kappa shape index (κ3) is 3.55. The Kier molecular flexibility index (Phi) is 5.18. The highest BCUT2D eigenvalue weighted by Crippen LogP contribution is 2.35. The molecule has 1 fully saturated rings. The molecule has 13 heteroatoms. The minimum atomic E-state index is -2.88. The zero-order chi connectivity index (χ0) is 22.6. The highest BCUT2D eigenvalue weighted by molar-refractivity contribution is 5.46. The second kappa shape index (κ2) is 7.90. The van der Waals surface area contributed by atoms with Gasteiger partial charge in [0.2, 0.25) is 5.82 Å². The van der Waals surface area contributed by atoms with Crippen LogP contribution in [-0.4, -0.2) is 53.3 Å². The molecule has 2 N–H and O–H groups in total. The third-order valence-electron chi connectivity index (χ3n) is 5.99. The van der Waals surface area contributed by atoms with E-state index in [1.54, 1.807) is 11.6 Å². The summed E-state index contributed by atoms with van der Waals surface area (Å²) in [4.78, 5) is 6.89. The van der Waals surface area contributed by atoms with Crippen molar-refractivity contribution >= 4 is 0 Å². The van der Waals surface area contributed by atoms with Crippen molar-refractivity contribution in [1.82, 2.24) is 34.7 Å². The van der Waals surface area contributed by atoms with Crippen molar-refractivity contribution in [2.24, 2.45) is 12.8 Å². The SMILES string of the molecule is Cn1c(-c2nnn(C(F)F)n2)nc2c1CN([C@H]1CO[C@H](c3cc(F)ccc3F)[C@@H](N)C1)C2. The minimum absolute atomic E-state index is 0.0248. The standard InChI is InChI=1S/C19H20F4N8O/c1-29-15-7-30(6-14(15)25-18(29)17-26-28-31(27-17)19(22)23)10-5-13(24)16(32-8-10)11-4-9(20)2-3-12(11)21/h2-4,10,13,16,19H,5-8,24H2,1H3/t10-,13+,16-/m1/s1. The van der Waals surface area contributed by atoms with E-state index in [1.807, 2.05) is 0 Å². The van der Waals surface area contributed by atoms with Crippen LogP contribution in [0, 0.1) is 11.6 Å². The van der Waals surface area contributed by atoms with Gasteiger partial charge >= 0.3 is 6.55 Å². The average molecular weight is 452 g/mol. The van der Waals surface area contributed by atoms with Gasteiger partial charge in [0, 0.05) is 37.8 Å². The summed E-state index contributed by atoms with van der Waals surface area (Å²) in [5, 5.41) is 10.7. The van der Waals surface area contributed by atoms with E-state index in [4.69, 9.17) is 10.5 Å². The first kappa shape index (κ1) is 21.0. The smallest absolute Gasteiger partial charge is 0.350 e. The van der Waals surface area contributed by atoms with Crippen LogP contribution in [0.5, 0.6) is 0 Å². The van der Waals surface area contributed by atoms with E-state index in [9.17, 15) is 17.6 Å². The number of alkyl halides is 2. The van der Waals surface area contributed by atoms with Crippen LogP contribution in [0.4, 0.5) is 17.6 Å². The average Bonchev–Trinajstić information content (AvgIpc) is 3.46. The van der Waals surface area contributed by atoms with Gasteiger partial charge in [-0.2, -0.15) is 8.78 Å². The highest BCUT2D eigenvalue weighted by Gasteiger charge is 2.38. The van der Waals surface area contributed by atoms with Crippen molar-refractivity contribution in [3.63, 3.8) is 0 Å². The lowest BCUT2D eigenvalue weighted by Crippen LogP contribution is -2.47. The maximum atomic E-state index is 14.1. The molecule has 0 amide bonds. The maximum Gasteiger partial charge on any atom is 0.350 e. The predicted molar refractivity (Wildman–Crippen MR) is 102 cm³/mol. The van der Waals surface area contributed by atoms with E-state index in [2.05, 4.69) is 25.3 Å². The van der Waals surface area contributed by atoms with E-state index < -0.39 is 30.3 Å². The van der Waals surface area contributed by atoms with E-state index in [1.165, 1.54) is 0 Å². The fraction of sp³-hybridized carbons (Fsp3) is 0.474. The summed E-state index contributed by atoms with van der Waals surface area (Å²) in [7, 11) is 1.76. The third-order valence-corrected chi connectivity index (χ3v) is 5.99. The normalized spacial score (nSPS) is 23.8. The molecule has 3 atom stereocenters. The summed E-state index contributed by atoms with van der Waals surface area (Å²) in [6, 6.07) is 2.71. The number of ether oxygens (including phenoxy) is 1. The van der Waals surface area contributed by atoms with Crippen LogP contribution in [0.25, 0.3) is 11.6 Å². The minimum Gasteiger partial charge on any atom is -0.370 e. The Morgan fingerprint density at radius 1 is 1.22 bits per heavy atom. The molecule has 2 aliphatic rings. The number of halogens is 4. The molecule has 0 aliphatic carbocycles. The van der Waals surface area contributed by atoms with Crippen LogP contribution in [0.1, 0.15) is 36.0 Å². The van der Waals surface area contributed by atoms with Crippen LogP contribution in [-0.2, 0) is 24.9 Å². The van der Waals surface area contributed by atoms with Gasteiger partial charge in [0.05, 0.1) is 18.0 Å². The Labute approximate surface area is 179 Å². The number of nitrogens with two attached hydrogens (primary N) is 1. The van der Waals surface area contributed by atoms with Crippen molar-refractivity contribution in [2.75, 3.05) is 6.61 Å². The zero-order valence-electron chi connectivity index (χ0n) is 17.0. The molecule has 5 rings (SSSR count).